The number of carbonyl (C=O) groups is 2. The smallest absolute Gasteiger partial charge is 0.266 e. The van der Waals surface area contributed by atoms with Gasteiger partial charge in [0.25, 0.3) is 11.8 Å². The Kier molecular flexibility index (Phi) is 9.12. The number of benzene rings is 8. The van der Waals surface area contributed by atoms with Crippen molar-refractivity contribution < 1.29 is 9.59 Å². The molecule has 1 aliphatic heterocycles. The standard InChI is InChI=1S/C50H37NO2P2/c52-49-47-35-34-46(55(42-27-13-4-14-28-42,43-29-15-5-16-30-43)44-31-17-6-18-32-44)37-48(47)50(53)51(49)38-20-19-33-45(36-38)54(39-21-7-1-8-22-39,40-23-9-2-10-24-40)41-25-11-3-12-26-41/h1-37H/q+2. The predicted molar refractivity (Wildman–Crippen MR) is 234 cm³/mol. The van der Waals surface area contributed by atoms with E-state index in [2.05, 4.69) is 164 Å². The van der Waals surface area contributed by atoms with Gasteiger partial charge in [-0.1, -0.05) is 115 Å². The molecule has 0 aliphatic carbocycles. The van der Waals surface area contributed by atoms with E-state index in [0.29, 0.717) is 16.8 Å². The van der Waals surface area contributed by atoms with E-state index in [4.69, 9.17) is 0 Å². The summed E-state index contributed by atoms with van der Waals surface area (Å²) in [7, 11) is -4.95. The van der Waals surface area contributed by atoms with Gasteiger partial charge in [-0.25, -0.2) is 4.90 Å². The fourth-order valence-corrected chi connectivity index (χ4v) is 16.8. The maximum atomic E-state index is 14.8. The molecule has 0 N–H and O–H groups in total. The molecule has 5 heteroatoms. The highest BCUT2D eigenvalue weighted by Gasteiger charge is 2.51. The van der Waals surface area contributed by atoms with Crippen LogP contribution in [0.2, 0.25) is 0 Å². The molecule has 8 aromatic rings. The normalized spacial score (nSPS) is 12.8. The fourth-order valence-electron chi connectivity index (χ4n) is 8.21. The van der Waals surface area contributed by atoms with Crippen molar-refractivity contribution in [3.05, 3.63) is 236 Å². The number of carbonyl (C=O) groups excluding carboxylic acids is 2. The zero-order valence-corrected chi connectivity index (χ0v) is 31.8. The van der Waals surface area contributed by atoms with Crippen LogP contribution >= 0.6 is 14.5 Å². The molecule has 1 aliphatic rings. The number of imide groups is 1. The molecule has 0 saturated heterocycles. The third-order valence-electron chi connectivity index (χ3n) is 10.6. The minimum atomic E-state index is -2.49. The largest absolute Gasteiger partial charge is 0.268 e. The Balaban J connectivity index is 1.21. The Morgan fingerprint density at radius 1 is 0.273 bits per heavy atom. The number of rotatable bonds is 9. The van der Waals surface area contributed by atoms with Crippen LogP contribution in [0.25, 0.3) is 0 Å². The molecule has 0 bridgehead atoms. The van der Waals surface area contributed by atoms with E-state index in [1.165, 1.54) is 36.7 Å². The first kappa shape index (κ1) is 34.5. The van der Waals surface area contributed by atoms with E-state index in [1.807, 2.05) is 60.7 Å². The number of nitrogens with zero attached hydrogens (tertiary/aromatic N) is 1. The first-order valence-corrected chi connectivity index (χ1v) is 22.0. The molecule has 9 rings (SSSR count). The highest BCUT2D eigenvalue weighted by molar-refractivity contribution is 8.02. The lowest BCUT2D eigenvalue weighted by molar-refractivity contribution is 0.0926. The molecule has 55 heavy (non-hydrogen) atoms. The van der Waals surface area contributed by atoms with Gasteiger partial charge in [0.15, 0.2) is 0 Å². The van der Waals surface area contributed by atoms with E-state index in [0.717, 1.165) is 10.6 Å². The number of hydrogen-bond acceptors (Lipinski definition) is 2. The molecule has 1 heterocycles. The Hall–Kier alpha value is -6.24. The van der Waals surface area contributed by atoms with Gasteiger partial charge in [-0.2, -0.15) is 0 Å². The molecule has 0 spiro atoms. The molecule has 3 nitrogen and oxygen atoms in total. The minimum Gasteiger partial charge on any atom is -0.268 e. The number of fused-ring (bicyclic) bond motifs is 1. The zero-order chi connectivity index (χ0) is 37.2. The van der Waals surface area contributed by atoms with Crippen LogP contribution in [0, 0.1) is 0 Å². The molecule has 2 amide bonds. The molecule has 0 saturated carbocycles. The highest BCUT2D eigenvalue weighted by atomic mass is 31.2. The first-order valence-electron chi connectivity index (χ1n) is 18.4. The average Bonchev–Trinajstić information content (AvgIpc) is 3.52. The SMILES string of the molecule is O=C1c2ccc([P+](c3ccccc3)(c3ccccc3)c3ccccc3)cc2C(=O)N1c1cccc([P+](c2ccccc2)(c2ccccc2)c2ccccc2)c1. The Labute approximate surface area is 323 Å². The molecule has 0 fully saturated rings. The molecular formula is C50H37NO2P2+2. The van der Waals surface area contributed by atoms with Crippen molar-refractivity contribution in [2.45, 2.75) is 0 Å². The van der Waals surface area contributed by atoms with E-state index >= 15 is 0 Å². The molecule has 8 aromatic carbocycles. The van der Waals surface area contributed by atoms with Gasteiger partial charge in [0.2, 0.25) is 0 Å². The third kappa shape index (κ3) is 5.67. The summed E-state index contributed by atoms with van der Waals surface area (Å²) in [6, 6.07) is 77.6. The van der Waals surface area contributed by atoms with Crippen molar-refractivity contribution in [1.82, 2.24) is 0 Å². The minimum absolute atomic E-state index is 0.310. The maximum absolute atomic E-state index is 14.8. The van der Waals surface area contributed by atoms with Crippen molar-refractivity contribution in [1.29, 1.82) is 0 Å². The van der Waals surface area contributed by atoms with Crippen molar-refractivity contribution >= 4 is 74.5 Å². The van der Waals surface area contributed by atoms with Crippen LogP contribution < -0.4 is 47.3 Å². The molecule has 0 atom stereocenters. The summed E-state index contributed by atoms with van der Waals surface area (Å²) in [5.41, 5.74) is 1.41. The quantitative estimate of drug-likeness (QED) is 0.112. The fraction of sp³-hybridized carbons (Fsp3) is 0. The van der Waals surface area contributed by atoms with Gasteiger partial charge in [-0.15, -0.1) is 0 Å². The van der Waals surface area contributed by atoms with Crippen LogP contribution in [0.3, 0.4) is 0 Å². The molecule has 0 aromatic heterocycles. The van der Waals surface area contributed by atoms with E-state index in [9.17, 15) is 9.59 Å². The Morgan fingerprint density at radius 2 is 0.582 bits per heavy atom. The summed E-state index contributed by atoms with van der Waals surface area (Å²) in [4.78, 5) is 30.6. The summed E-state index contributed by atoms with van der Waals surface area (Å²) in [5, 5.41) is 9.20. The second-order valence-corrected chi connectivity index (χ2v) is 20.4. The van der Waals surface area contributed by atoms with Gasteiger partial charge >= 0.3 is 0 Å². The van der Waals surface area contributed by atoms with Crippen LogP contribution in [-0.4, -0.2) is 11.8 Å². The van der Waals surface area contributed by atoms with E-state index < -0.39 is 14.5 Å². The third-order valence-corrected chi connectivity index (χ3v) is 19.1. The van der Waals surface area contributed by atoms with Crippen molar-refractivity contribution in [3.63, 3.8) is 0 Å². The number of hydrogen-bond donors (Lipinski definition) is 0. The highest BCUT2D eigenvalue weighted by Crippen LogP contribution is 2.56. The summed E-state index contributed by atoms with van der Waals surface area (Å²) in [5.74, 6) is -0.621. The lowest BCUT2D eigenvalue weighted by Gasteiger charge is -2.28. The monoisotopic (exact) mass is 745 g/mol. The van der Waals surface area contributed by atoms with Crippen LogP contribution in [-0.2, 0) is 0 Å². The molecule has 262 valence electrons. The van der Waals surface area contributed by atoms with Gasteiger partial charge in [0.05, 0.1) is 16.8 Å². The van der Waals surface area contributed by atoms with Gasteiger partial charge in [0.1, 0.15) is 57.0 Å². The lowest BCUT2D eigenvalue weighted by atomic mass is 10.1. The van der Waals surface area contributed by atoms with Crippen LogP contribution in [0.5, 0.6) is 0 Å². The second-order valence-electron chi connectivity index (χ2n) is 13.6. The predicted octanol–water partition coefficient (Wildman–Crippen LogP) is 7.73. The summed E-state index contributed by atoms with van der Waals surface area (Å²) in [6.07, 6.45) is 0. The first-order chi connectivity index (χ1) is 27.1. The summed E-state index contributed by atoms with van der Waals surface area (Å²) < 4.78 is 0. The molecule has 0 radical (unpaired) electrons. The Morgan fingerprint density at radius 3 is 0.945 bits per heavy atom. The Bertz CT molecular complexity index is 2430. The molecule has 0 unspecified atom stereocenters. The summed E-state index contributed by atoms with van der Waals surface area (Å²) >= 11 is 0. The summed E-state index contributed by atoms with van der Waals surface area (Å²) in [6.45, 7) is 0. The topological polar surface area (TPSA) is 37.4 Å². The van der Waals surface area contributed by atoms with Crippen molar-refractivity contribution in [2.75, 3.05) is 4.90 Å². The van der Waals surface area contributed by atoms with Crippen molar-refractivity contribution in [2.24, 2.45) is 0 Å². The lowest BCUT2D eigenvalue weighted by Crippen LogP contribution is -2.39. The van der Waals surface area contributed by atoms with Crippen LogP contribution in [0.15, 0.2) is 224 Å². The van der Waals surface area contributed by atoms with Crippen molar-refractivity contribution in [3.8, 4) is 0 Å². The van der Waals surface area contributed by atoms with E-state index in [-0.39, 0.29) is 11.8 Å². The average molecular weight is 746 g/mol. The van der Waals surface area contributed by atoms with Crippen LogP contribution in [0.4, 0.5) is 5.69 Å². The zero-order valence-electron chi connectivity index (χ0n) is 30.0. The van der Waals surface area contributed by atoms with E-state index in [1.54, 1.807) is 0 Å². The number of anilines is 1. The van der Waals surface area contributed by atoms with Gasteiger partial charge in [-0.05, 0) is 103 Å². The van der Waals surface area contributed by atoms with Gasteiger partial charge in [-0.3, -0.25) is 9.59 Å². The second kappa shape index (κ2) is 14.5. The van der Waals surface area contributed by atoms with Gasteiger partial charge < -0.3 is 0 Å². The number of amides is 2. The molecular weight excluding hydrogens is 709 g/mol. The van der Waals surface area contributed by atoms with Gasteiger partial charge in [0, 0.05) is 6.07 Å². The maximum Gasteiger partial charge on any atom is 0.266 e. The van der Waals surface area contributed by atoms with Crippen LogP contribution in [0.1, 0.15) is 20.7 Å².